The van der Waals surface area contributed by atoms with Gasteiger partial charge >= 0.3 is 0 Å². The molecule has 0 spiro atoms. The first-order valence-electron chi connectivity index (χ1n) is 9.43. The zero-order valence-electron chi connectivity index (χ0n) is 15.2. The van der Waals surface area contributed by atoms with Crippen molar-refractivity contribution in [2.45, 2.75) is 57.0 Å². The molecule has 1 aliphatic heterocycles. The molecule has 1 saturated carbocycles. The standard InChI is InChI=1S/C20H25N3O2S/c1-14-6-9-16(10-7-14)23-20(17-12-26(25)13-18(17)22-23)21-19(24)11-8-15-4-2-3-5-15/h6-7,9-10,15H,2-5,8,11-13H2,1H3,(H,21,24). The van der Waals surface area contributed by atoms with Gasteiger partial charge in [0.15, 0.2) is 0 Å². The maximum absolute atomic E-state index is 12.6. The molecule has 0 radical (unpaired) electrons. The summed E-state index contributed by atoms with van der Waals surface area (Å²) in [5.74, 6) is 2.37. The Morgan fingerprint density at radius 2 is 1.96 bits per heavy atom. The number of amides is 1. The third kappa shape index (κ3) is 3.61. The van der Waals surface area contributed by atoms with Crippen LogP contribution in [0.25, 0.3) is 5.69 Å². The van der Waals surface area contributed by atoms with Crippen LogP contribution in [0.3, 0.4) is 0 Å². The lowest BCUT2D eigenvalue weighted by molar-refractivity contribution is -0.116. The Bertz CT molecular complexity index is 835. The molecular weight excluding hydrogens is 346 g/mol. The van der Waals surface area contributed by atoms with Gasteiger partial charge < -0.3 is 5.32 Å². The van der Waals surface area contributed by atoms with Gasteiger partial charge in [-0.1, -0.05) is 43.4 Å². The van der Waals surface area contributed by atoms with Crippen molar-refractivity contribution in [2.24, 2.45) is 5.92 Å². The number of hydrogen-bond donors (Lipinski definition) is 1. The van der Waals surface area contributed by atoms with E-state index in [1.807, 2.05) is 31.2 Å². The molecular formula is C20H25N3O2S. The lowest BCUT2D eigenvalue weighted by Crippen LogP contribution is -2.17. The third-order valence-corrected chi connectivity index (χ3v) is 6.67. The van der Waals surface area contributed by atoms with Crippen LogP contribution in [0.15, 0.2) is 24.3 Å². The van der Waals surface area contributed by atoms with Crippen molar-refractivity contribution in [3.63, 3.8) is 0 Å². The number of anilines is 1. The molecule has 1 fully saturated rings. The highest BCUT2D eigenvalue weighted by Gasteiger charge is 2.28. The normalized spacial score (nSPS) is 19.7. The average Bonchev–Trinajstić information content (AvgIpc) is 3.32. The fraction of sp³-hybridized carbons (Fsp3) is 0.500. The van der Waals surface area contributed by atoms with E-state index >= 15 is 0 Å². The van der Waals surface area contributed by atoms with E-state index in [1.165, 1.54) is 31.2 Å². The number of benzene rings is 1. The Morgan fingerprint density at radius 1 is 1.23 bits per heavy atom. The van der Waals surface area contributed by atoms with Gasteiger partial charge in [-0.2, -0.15) is 5.10 Å². The second-order valence-corrected chi connectivity index (χ2v) is 8.94. The summed E-state index contributed by atoms with van der Waals surface area (Å²) in [5, 5.41) is 7.72. The summed E-state index contributed by atoms with van der Waals surface area (Å²) in [5.41, 5.74) is 3.87. The molecule has 1 aromatic heterocycles. The predicted molar refractivity (Wildman–Crippen MR) is 104 cm³/mol. The zero-order chi connectivity index (χ0) is 18.1. The highest BCUT2D eigenvalue weighted by molar-refractivity contribution is 7.83. The molecule has 5 nitrogen and oxygen atoms in total. The molecule has 6 heteroatoms. The highest BCUT2D eigenvalue weighted by Crippen LogP contribution is 2.32. The molecule has 1 aromatic carbocycles. The monoisotopic (exact) mass is 371 g/mol. The molecule has 0 bridgehead atoms. The van der Waals surface area contributed by atoms with Crippen molar-refractivity contribution < 1.29 is 9.00 Å². The molecule has 1 amide bonds. The first-order valence-corrected chi connectivity index (χ1v) is 10.9. The summed E-state index contributed by atoms with van der Waals surface area (Å²) >= 11 is 0. The van der Waals surface area contributed by atoms with Crippen molar-refractivity contribution in [2.75, 3.05) is 5.32 Å². The Hall–Kier alpha value is -1.95. The number of aromatic nitrogens is 2. The van der Waals surface area contributed by atoms with Crippen molar-refractivity contribution >= 4 is 22.5 Å². The molecule has 2 aliphatic rings. The quantitative estimate of drug-likeness (QED) is 0.868. The minimum Gasteiger partial charge on any atom is -0.310 e. The highest BCUT2D eigenvalue weighted by atomic mass is 32.2. The van der Waals surface area contributed by atoms with Gasteiger partial charge in [0.1, 0.15) is 5.82 Å². The summed E-state index contributed by atoms with van der Waals surface area (Å²) in [6.45, 7) is 2.04. The first kappa shape index (κ1) is 17.5. The third-order valence-electron chi connectivity index (χ3n) is 5.46. The van der Waals surface area contributed by atoms with Crippen molar-refractivity contribution in [1.82, 2.24) is 9.78 Å². The molecule has 1 N–H and O–H groups in total. The lowest BCUT2D eigenvalue weighted by atomic mass is 10.0. The maximum Gasteiger partial charge on any atom is 0.225 e. The second-order valence-electron chi connectivity index (χ2n) is 7.49. The van der Waals surface area contributed by atoms with Crippen molar-refractivity contribution in [3.05, 3.63) is 41.1 Å². The number of aryl methyl sites for hydroxylation is 1. The van der Waals surface area contributed by atoms with Crippen LogP contribution in [0, 0.1) is 12.8 Å². The Kier molecular flexibility index (Phi) is 4.94. The smallest absolute Gasteiger partial charge is 0.225 e. The number of carbonyl (C=O) groups excluding carboxylic acids is 1. The Balaban J connectivity index is 1.56. The van der Waals surface area contributed by atoms with Gasteiger partial charge in [-0.3, -0.25) is 9.00 Å². The minimum absolute atomic E-state index is 0.0330. The van der Waals surface area contributed by atoms with E-state index in [4.69, 9.17) is 0 Å². The van der Waals surface area contributed by atoms with E-state index in [0.29, 0.717) is 29.7 Å². The van der Waals surface area contributed by atoms with Crippen molar-refractivity contribution in [3.8, 4) is 5.69 Å². The zero-order valence-corrected chi connectivity index (χ0v) is 16.0. The number of nitrogens with one attached hydrogen (secondary N) is 1. The molecule has 0 saturated heterocycles. The van der Waals surface area contributed by atoms with Crippen LogP contribution >= 0.6 is 0 Å². The topological polar surface area (TPSA) is 64.0 Å². The number of rotatable bonds is 5. The fourth-order valence-electron chi connectivity index (χ4n) is 3.96. The molecule has 26 heavy (non-hydrogen) atoms. The van der Waals surface area contributed by atoms with Crippen LogP contribution in [0.4, 0.5) is 5.82 Å². The molecule has 1 aliphatic carbocycles. The van der Waals surface area contributed by atoms with Gasteiger partial charge in [0.05, 0.1) is 22.9 Å². The largest absolute Gasteiger partial charge is 0.310 e. The number of nitrogens with zero attached hydrogens (tertiary/aromatic N) is 2. The van der Waals surface area contributed by atoms with Gasteiger partial charge in [0.2, 0.25) is 5.91 Å². The fourth-order valence-corrected chi connectivity index (χ4v) is 5.22. The lowest BCUT2D eigenvalue weighted by Gasteiger charge is -2.12. The molecule has 2 heterocycles. The summed E-state index contributed by atoms with van der Waals surface area (Å²) < 4.78 is 13.7. The van der Waals surface area contributed by atoms with E-state index in [9.17, 15) is 9.00 Å². The van der Waals surface area contributed by atoms with Crippen LogP contribution < -0.4 is 5.32 Å². The van der Waals surface area contributed by atoms with E-state index in [0.717, 1.165) is 23.4 Å². The van der Waals surface area contributed by atoms with Gasteiger partial charge in [-0.15, -0.1) is 0 Å². The van der Waals surface area contributed by atoms with Gasteiger partial charge in [-0.25, -0.2) is 4.68 Å². The first-order chi connectivity index (χ1) is 12.6. The van der Waals surface area contributed by atoms with Crippen LogP contribution in [-0.2, 0) is 27.1 Å². The van der Waals surface area contributed by atoms with Crippen LogP contribution in [0.5, 0.6) is 0 Å². The number of fused-ring (bicyclic) bond motifs is 1. The molecule has 4 rings (SSSR count). The van der Waals surface area contributed by atoms with E-state index in [-0.39, 0.29) is 5.91 Å². The summed E-state index contributed by atoms with van der Waals surface area (Å²) in [4.78, 5) is 12.6. The maximum atomic E-state index is 12.6. The van der Waals surface area contributed by atoms with Gasteiger partial charge in [0.25, 0.3) is 0 Å². The van der Waals surface area contributed by atoms with Crippen molar-refractivity contribution in [1.29, 1.82) is 0 Å². The van der Waals surface area contributed by atoms with Crippen LogP contribution in [-0.4, -0.2) is 19.9 Å². The summed E-state index contributed by atoms with van der Waals surface area (Å²) in [6.07, 6.45) is 6.60. The van der Waals surface area contributed by atoms with E-state index < -0.39 is 10.8 Å². The average molecular weight is 372 g/mol. The summed E-state index contributed by atoms with van der Waals surface area (Å²) in [7, 11) is -0.914. The minimum atomic E-state index is -0.914. The Labute approximate surface area is 156 Å². The van der Waals surface area contributed by atoms with Crippen LogP contribution in [0.2, 0.25) is 0 Å². The van der Waals surface area contributed by atoms with Gasteiger partial charge in [0, 0.05) is 22.8 Å². The molecule has 1 atom stereocenters. The van der Waals surface area contributed by atoms with Gasteiger partial charge in [-0.05, 0) is 31.4 Å². The SMILES string of the molecule is Cc1ccc(-n2nc3c(c2NC(=O)CCC2CCCC2)CS(=O)C3)cc1. The Morgan fingerprint density at radius 3 is 2.69 bits per heavy atom. The molecule has 1 unspecified atom stereocenters. The van der Waals surface area contributed by atoms with E-state index in [1.54, 1.807) is 4.68 Å². The molecule has 138 valence electrons. The second kappa shape index (κ2) is 7.35. The predicted octanol–water partition coefficient (Wildman–Crippen LogP) is 3.85. The summed E-state index contributed by atoms with van der Waals surface area (Å²) in [6, 6.07) is 8.07. The van der Waals surface area contributed by atoms with Crippen LogP contribution in [0.1, 0.15) is 55.3 Å². The number of hydrogen-bond acceptors (Lipinski definition) is 3. The number of carbonyl (C=O) groups is 1. The molecule has 2 aromatic rings. The van der Waals surface area contributed by atoms with E-state index in [2.05, 4.69) is 10.4 Å².